The van der Waals surface area contributed by atoms with Crippen molar-refractivity contribution in [1.82, 2.24) is 15.2 Å². The maximum Gasteiger partial charge on any atom is 0.269 e. The lowest BCUT2D eigenvalue weighted by atomic mass is 9.82. The molecule has 1 N–H and O–H groups in total. The average Bonchev–Trinajstić information content (AvgIpc) is 3.25. The van der Waals surface area contributed by atoms with E-state index in [0.717, 1.165) is 30.2 Å². The number of carbonyl (C=O) groups is 1. The Morgan fingerprint density at radius 2 is 1.71 bits per heavy atom. The first-order valence-corrected chi connectivity index (χ1v) is 12.3. The predicted octanol–water partition coefficient (Wildman–Crippen LogP) is 5.17. The quantitative estimate of drug-likeness (QED) is 0.447. The number of pyridine rings is 1. The van der Waals surface area contributed by atoms with Gasteiger partial charge in [0.2, 0.25) is 5.91 Å². The number of nitrogens with zero attached hydrogens (tertiary/aromatic N) is 2. The van der Waals surface area contributed by atoms with Gasteiger partial charge in [0, 0.05) is 43.9 Å². The van der Waals surface area contributed by atoms with Crippen molar-refractivity contribution < 1.29 is 31.5 Å². The van der Waals surface area contributed by atoms with E-state index in [9.17, 15) is 26.7 Å². The van der Waals surface area contributed by atoms with Gasteiger partial charge in [0.05, 0.1) is 18.4 Å². The Bertz CT molecular complexity index is 1340. The van der Waals surface area contributed by atoms with Crippen LogP contribution in [0.4, 0.5) is 22.0 Å². The third kappa shape index (κ3) is 4.56. The Balaban J connectivity index is 1.34. The molecule has 0 aliphatic carbocycles. The largest absolute Gasteiger partial charge is 0.365 e. The Hall–Kier alpha value is -3.37. The molecule has 10 heteroatoms. The fourth-order valence-electron chi connectivity index (χ4n) is 5.54. The van der Waals surface area contributed by atoms with Crippen LogP contribution in [0.2, 0.25) is 0 Å². The highest BCUT2D eigenvalue weighted by Crippen LogP contribution is 2.44. The average molecular weight is 532 g/mol. The van der Waals surface area contributed by atoms with Crippen LogP contribution >= 0.6 is 0 Å². The van der Waals surface area contributed by atoms with Crippen LogP contribution in [0.5, 0.6) is 0 Å². The van der Waals surface area contributed by atoms with Crippen LogP contribution in [0.25, 0.3) is 0 Å². The second kappa shape index (κ2) is 10.1. The number of rotatable bonds is 6. The molecule has 5 nitrogen and oxygen atoms in total. The molecule has 3 aromatic rings. The lowest BCUT2D eigenvalue weighted by Crippen LogP contribution is -2.51. The van der Waals surface area contributed by atoms with Crippen LogP contribution < -0.4 is 5.32 Å². The normalized spacial score (nSPS) is 18.4. The molecular weight excluding hydrogens is 505 g/mol. The third-order valence-electron chi connectivity index (χ3n) is 7.54. The number of halogens is 5. The van der Waals surface area contributed by atoms with Gasteiger partial charge >= 0.3 is 0 Å². The van der Waals surface area contributed by atoms with Crippen LogP contribution in [0.1, 0.15) is 47.6 Å². The van der Waals surface area contributed by atoms with Crippen LogP contribution in [0.3, 0.4) is 0 Å². The number of benzene rings is 2. The number of alkyl halides is 2. The van der Waals surface area contributed by atoms with Gasteiger partial charge < -0.3 is 10.1 Å². The van der Waals surface area contributed by atoms with Crippen molar-refractivity contribution in [3.63, 3.8) is 0 Å². The van der Waals surface area contributed by atoms with Gasteiger partial charge in [-0.15, -0.1) is 0 Å². The summed E-state index contributed by atoms with van der Waals surface area (Å²) < 4.78 is 76.9. The second-order valence-corrected chi connectivity index (χ2v) is 9.82. The minimum Gasteiger partial charge on any atom is -0.365 e. The van der Waals surface area contributed by atoms with E-state index < -0.39 is 35.1 Å². The van der Waals surface area contributed by atoms with E-state index in [1.54, 1.807) is 18.3 Å². The summed E-state index contributed by atoms with van der Waals surface area (Å²) in [5.74, 6) is -3.56. The number of nitrogens with one attached hydrogen (secondary N) is 1. The van der Waals surface area contributed by atoms with Crippen molar-refractivity contribution in [2.45, 2.75) is 50.5 Å². The molecule has 0 bridgehead atoms. The molecule has 0 saturated carbocycles. The molecule has 0 radical (unpaired) electrons. The van der Waals surface area contributed by atoms with Crippen LogP contribution in [0, 0.1) is 17.5 Å². The molecule has 5 rings (SSSR count). The van der Waals surface area contributed by atoms with Gasteiger partial charge in [0.25, 0.3) is 6.43 Å². The minimum absolute atomic E-state index is 0.0422. The summed E-state index contributed by atoms with van der Waals surface area (Å²) in [4.78, 5) is 18.1. The van der Waals surface area contributed by atoms with E-state index in [4.69, 9.17) is 4.74 Å². The van der Waals surface area contributed by atoms with E-state index in [-0.39, 0.29) is 23.6 Å². The fraction of sp³-hybridized carbons (Fsp3) is 0.357. The maximum atomic E-state index is 14.6. The van der Waals surface area contributed by atoms with Crippen LogP contribution in [-0.4, -0.2) is 35.3 Å². The summed E-state index contributed by atoms with van der Waals surface area (Å²) in [6.07, 6.45) is 1.06. The SMILES string of the molecule is CC(=O)NC(c1ccc(CN2CCC3(CC2)OCc2c(F)cncc23)cc1)(c1ccc(F)c(F)c1)C(F)F. The van der Waals surface area contributed by atoms with Crippen molar-refractivity contribution >= 4 is 5.91 Å². The smallest absolute Gasteiger partial charge is 0.269 e. The summed E-state index contributed by atoms with van der Waals surface area (Å²) in [5, 5.41) is 2.28. The zero-order chi connectivity index (χ0) is 27.1. The van der Waals surface area contributed by atoms with Crippen molar-refractivity contribution in [1.29, 1.82) is 0 Å². The van der Waals surface area contributed by atoms with E-state index >= 15 is 0 Å². The highest BCUT2D eigenvalue weighted by atomic mass is 19.3. The van der Waals surface area contributed by atoms with E-state index in [1.165, 1.54) is 18.3 Å². The number of likely N-dealkylation sites (tertiary alicyclic amines) is 1. The number of piperidine rings is 1. The molecule has 2 aliphatic rings. The zero-order valence-corrected chi connectivity index (χ0v) is 20.6. The summed E-state index contributed by atoms with van der Waals surface area (Å²) in [7, 11) is 0. The van der Waals surface area contributed by atoms with Crippen LogP contribution in [-0.2, 0) is 33.8 Å². The first-order chi connectivity index (χ1) is 18.1. The van der Waals surface area contributed by atoms with Crippen molar-refractivity contribution in [3.8, 4) is 0 Å². The predicted molar refractivity (Wildman–Crippen MR) is 129 cm³/mol. The summed E-state index contributed by atoms with van der Waals surface area (Å²) in [6, 6.07) is 8.78. The highest BCUT2D eigenvalue weighted by molar-refractivity contribution is 5.75. The number of hydrogen-bond acceptors (Lipinski definition) is 4. The van der Waals surface area contributed by atoms with E-state index in [1.807, 2.05) is 0 Å². The topological polar surface area (TPSA) is 54.5 Å². The van der Waals surface area contributed by atoms with Crippen molar-refractivity contribution in [2.75, 3.05) is 13.1 Å². The van der Waals surface area contributed by atoms with Crippen LogP contribution in [0.15, 0.2) is 54.9 Å². The highest BCUT2D eigenvalue weighted by Gasteiger charge is 2.46. The molecule has 2 aliphatic heterocycles. The third-order valence-corrected chi connectivity index (χ3v) is 7.54. The summed E-state index contributed by atoms with van der Waals surface area (Å²) >= 11 is 0. The molecular formula is C28H26F5N3O2. The molecule has 1 aromatic heterocycles. The Kier molecular flexibility index (Phi) is 6.96. The number of fused-ring (bicyclic) bond motifs is 2. The van der Waals surface area contributed by atoms with Gasteiger partial charge in [-0.05, 0) is 41.7 Å². The number of carbonyl (C=O) groups excluding carboxylic acids is 1. The first-order valence-electron chi connectivity index (χ1n) is 12.3. The lowest BCUT2D eigenvalue weighted by Gasteiger charge is -2.39. The van der Waals surface area contributed by atoms with E-state index in [2.05, 4.69) is 15.2 Å². The summed E-state index contributed by atoms with van der Waals surface area (Å²) in [5.41, 5.74) is -0.913. The van der Waals surface area contributed by atoms with Gasteiger partial charge in [0.15, 0.2) is 17.2 Å². The molecule has 38 heavy (non-hydrogen) atoms. The lowest BCUT2D eigenvalue weighted by molar-refractivity contribution is -0.122. The number of ether oxygens (including phenoxy) is 1. The fourth-order valence-corrected chi connectivity index (χ4v) is 5.54. The second-order valence-electron chi connectivity index (χ2n) is 9.82. The van der Waals surface area contributed by atoms with Gasteiger partial charge in [-0.2, -0.15) is 0 Å². The molecule has 1 unspecified atom stereocenters. The summed E-state index contributed by atoms with van der Waals surface area (Å²) in [6.45, 7) is 3.21. The Labute approximate surface area is 216 Å². The van der Waals surface area contributed by atoms with Gasteiger partial charge in [-0.3, -0.25) is 14.7 Å². The number of amides is 1. The Morgan fingerprint density at radius 3 is 2.34 bits per heavy atom. The first kappa shape index (κ1) is 26.2. The molecule has 1 fully saturated rings. The molecule has 1 amide bonds. The Morgan fingerprint density at radius 1 is 1.03 bits per heavy atom. The molecule has 1 atom stereocenters. The molecule has 200 valence electrons. The molecule has 2 aromatic carbocycles. The standard InChI is InChI=1S/C28H26F5N3O2/c1-17(37)35-28(26(32)33,20-6-7-23(29)24(30)12-20)19-4-2-18(3-5-19)15-36-10-8-27(9-11-36)22-13-34-14-25(31)21(22)16-38-27/h2-7,12-14,26H,8-11,15-16H2,1H3,(H,35,37). The van der Waals surface area contributed by atoms with Gasteiger partial charge in [0.1, 0.15) is 5.82 Å². The van der Waals surface area contributed by atoms with E-state index in [0.29, 0.717) is 44.1 Å². The molecule has 1 saturated heterocycles. The minimum atomic E-state index is -3.14. The maximum absolute atomic E-state index is 14.6. The van der Waals surface area contributed by atoms with Gasteiger partial charge in [-0.25, -0.2) is 22.0 Å². The number of aromatic nitrogens is 1. The molecule has 1 spiro atoms. The van der Waals surface area contributed by atoms with Gasteiger partial charge in [-0.1, -0.05) is 30.3 Å². The van der Waals surface area contributed by atoms with Crippen molar-refractivity contribution in [2.24, 2.45) is 0 Å². The monoisotopic (exact) mass is 531 g/mol. The zero-order valence-electron chi connectivity index (χ0n) is 20.6. The number of hydrogen-bond donors (Lipinski definition) is 1. The molecule has 3 heterocycles. The van der Waals surface area contributed by atoms with Crippen molar-refractivity contribution in [3.05, 3.63) is 100 Å².